The van der Waals surface area contributed by atoms with E-state index in [1.807, 2.05) is 0 Å². The Morgan fingerprint density at radius 3 is 0.712 bits per heavy atom. The predicted molar refractivity (Wildman–Crippen MR) is 294 cm³/mol. The monoisotopic (exact) mass is 930 g/mol. The standard InChI is InChI=1S/C62H123NO3/c1-3-5-7-9-11-13-15-16-32-36-39-43-47-51-55-60(59-64)63-62(66)58-54-50-46-42-38-34-31-29-27-25-23-21-19-17-18-20-22-24-26-28-30-33-37-41-45-49-53-57-61(65)56-52-48-44-40-35-14-12-10-8-6-4-2/h60,64H,3-59H2,1-2H3,(H,63,66)/t60-/m1/s1. The quantitative estimate of drug-likeness (QED) is 0.0597. The number of amides is 1. The maximum atomic E-state index is 12.4. The summed E-state index contributed by atoms with van der Waals surface area (Å²) < 4.78 is 0. The lowest BCUT2D eigenvalue weighted by Gasteiger charge is -2.16. The number of carbonyl (C=O) groups is 2. The average Bonchev–Trinajstić information content (AvgIpc) is 3.32. The number of carbonyl (C=O) groups excluding carboxylic acids is 2. The number of aliphatic hydroxyl groups is 1. The van der Waals surface area contributed by atoms with Gasteiger partial charge in [0.25, 0.3) is 0 Å². The van der Waals surface area contributed by atoms with E-state index in [4.69, 9.17) is 0 Å². The molecule has 0 heterocycles. The van der Waals surface area contributed by atoms with Crippen LogP contribution in [0.25, 0.3) is 0 Å². The fourth-order valence-electron chi connectivity index (χ4n) is 10.2. The summed E-state index contributed by atoms with van der Waals surface area (Å²) >= 11 is 0. The maximum absolute atomic E-state index is 12.4. The van der Waals surface area contributed by atoms with Gasteiger partial charge in [-0.15, -0.1) is 0 Å². The van der Waals surface area contributed by atoms with Crippen molar-refractivity contribution < 1.29 is 14.7 Å². The van der Waals surface area contributed by atoms with Crippen molar-refractivity contribution in [2.24, 2.45) is 0 Å². The SMILES string of the molecule is CCCCCCCCCCCCCCCC[C@H](CO)NC(=O)CCCCCCCCCCCCCCCCCCCCCCCCCCCCCC(=O)CCCCCCCCCCCCC. The summed E-state index contributed by atoms with van der Waals surface area (Å²) in [6, 6.07) is -0.0584. The third kappa shape index (κ3) is 55.7. The molecule has 1 amide bonds. The van der Waals surface area contributed by atoms with Gasteiger partial charge in [-0.3, -0.25) is 9.59 Å². The van der Waals surface area contributed by atoms with Gasteiger partial charge in [0, 0.05) is 19.3 Å². The summed E-state index contributed by atoms with van der Waals surface area (Å²) in [7, 11) is 0. The summed E-state index contributed by atoms with van der Waals surface area (Å²) in [4.78, 5) is 24.6. The molecule has 0 aliphatic heterocycles. The zero-order valence-electron chi connectivity index (χ0n) is 45.6. The molecule has 0 aliphatic carbocycles. The molecule has 66 heavy (non-hydrogen) atoms. The van der Waals surface area contributed by atoms with Crippen LogP contribution in [0.2, 0.25) is 0 Å². The minimum absolute atomic E-state index is 0.0584. The molecule has 0 aromatic heterocycles. The Morgan fingerprint density at radius 2 is 0.485 bits per heavy atom. The molecule has 0 saturated heterocycles. The summed E-state index contributed by atoms with van der Waals surface area (Å²) in [5.41, 5.74) is 0. The molecule has 0 bridgehead atoms. The van der Waals surface area contributed by atoms with Crippen molar-refractivity contribution in [2.45, 2.75) is 379 Å². The van der Waals surface area contributed by atoms with Gasteiger partial charge in [-0.2, -0.15) is 0 Å². The molecule has 394 valence electrons. The highest BCUT2D eigenvalue weighted by Gasteiger charge is 2.11. The van der Waals surface area contributed by atoms with Gasteiger partial charge in [-0.25, -0.2) is 0 Å². The largest absolute Gasteiger partial charge is 0.394 e. The molecule has 0 unspecified atom stereocenters. The number of aliphatic hydroxyl groups excluding tert-OH is 1. The Bertz CT molecular complexity index is 921. The van der Waals surface area contributed by atoms with Crippen LogP contribution >= 0.6 is 0 Å². The van der Waals surface area contributed by atoms with Crippen molar-refractivity contribution in [3.63, 3.8) is 0 Å². The van der Waals surface area contributed by atoms with Gasteiger partial charge in [-0.1, -0.05) is 328 Å². The van der Waals surface area contributed by atoms with Crippen LogP contribution in [0.4, 0.5) is 0 Å². The van der Waals surface area contributed by atoms with E-state index in [0.29, 0.717) is 12.2 Å². The Labute approximate surface area is 416 Å². The summed E-state index contributed by atoms with van der Waals surface area (Å²) in [5.74, 6) is 0.656. The Morgan fingerprint density at radius 1 is 0.288 bits per heavy atom. The fourth-order valence-corrected chi connectivity index (χ4v) is 10.2. The van der Waals surface area contributed by atoms with Gasteiger partial charge < -0.3 is 10.4 Å². The molecule has 0 rings (SSSR count). The zero-order chi connectivity index (χ0) is 47.7. The molecule has 0 radical (unpaired) electrons. The maximum Gasteiger partial charge on any atom is 0.220 e. The molecule has 0 spiro atoms. The lowest BCUT2D eigenvalue weighted by Crippen LogP contribution is -2.37. The molecular formula is C62H123NO3. The van der Waals surface area contributed by atoms with E-state index in [9.17, 15) is 14.7 Å². The van der Waals surface area contributed by atoms with Crippen LogP contribution in [0.1, 0.15) is 373 Å². The van der Waals surface area contributed by atoms with Crippen LogP contribution in [0.5, 0.6) is 0 Å². The molecule has 0 aromatic rings. The Hall–Kier alpha value is -0.900. The number of hydrogen-bond donors (Lipinski definition) is 2. The average molecular weight is 931 g/mol. The third-order valence-electron chi connectivity index (χ3n) is 14.9. The van der Waals surface area contributed by atoms with E-state index in [2.05, 4.69) is 19.2 Å². The highest BCUT2D eigenvalue weighted by atomic mass is 16.3. The van der Waals surface area contributed by atoms with Gasteiger partial charge in [-0.05, 0) is 25.7 Å². The molecule has 2 N–H and O–H groups in total. The van der Waals surface area contributed by atoms with E-state index in [0.717, 1.165) is 51.4 Å². The van der Waals surface area contributed by atoms with E-state index < -0.39 is 0 Å². The van der Waals surface area contributed by atoms with Crippen LogP contribution in [0.15, 0.2) is 0 Å². The number of nitrogens with one attached hydrogen (secondary N) is 1. The second-order valence-electron chi connectivity index (χ2n) is 21.7. The van der Waals surface area contributed by atoms with Crippen LogP contribution < -0.4 is 5.32 Å². The number of hydrogen-bond acceptors (Lipinski definition) is 3. The fraction of sp³-hybridized carbons (Fsp3) is 0.968. The first-order valence-corrected chi connectivity index (χ1v) is 31.1. The van der Waals surface area contributed by atoms with Crippen LogP contribution in [-0.2, 0) is 9.59 Å². The molecule has 0 saturated carbocycles. The van der Waals surface area contributed by atoms with E-state index in [-0.39, 0.29) is 18.6 Å². The number of rotatable bonds is 59. The Balaban J connectivity index is 3.28. The first-order chi connectivity index (χ1) is 32.6. The topological polar surface area (TPSA) is 66.4 Å². The minimum Gasteiger partial charge on any atom is -0.394 e. The van der Waals surface area contributed by atoms with Crippen LogP contribution in [-0.4, -0.2) is 29.4 Å². The molecule has 4 heteroatoms. The van der Waals surface area contributed by atoms with Gasteiger partial charge in [0.1, 0.15) is 5.78 Å². The molecule has 0 aliphatic rings. The van der Waals surface area contributed by atoms with Crippen molar-refractivity contribution in [1.82, 2.24) is 5.32 Å². The number of ketones is 1. The molecule has 1 atom stereocenters. The highest BCUT2D eigenvalue weighted by molar-refractivity contribution is 5.78. The van der Waals surface area contributed by atoms with Crippen molar-refractivity contribution >= 4 is 11.7 Å². The first-order valence-electron chi connectivity index (χ1n) is 31.1. The normalized spacial score (nSPS) is 12.0. The van der Waals surface area contributed by atoms with Crippen molar-refractivity contribution in [3.05, 3.63) is 0 Å². The lowest BCUT2D eigenvalue weighted by molar-refractivity contribution is -0.122. The van der Waals surface area contributed by atoms with E-state index >= 15 is 0 Å². The van der Waals surface area contributed by atoms with Gasteiger partial charge in [0.15, 0.2) is 0 Å². The summed E-state index contributed by atoms with van der Waals surface area (Å²) in [6.45, 7) is 4.64. The second kappa shape index (κ2) is 58.4. The van der Waals surface area contributed by atoms with Gasteiger partial charge in [0.2, 0.25) is 5.91 Å². The van der Waals surface area contributed by atoms with Crippen molar-refractivity contribution in [1.29, 1.82) is 0 Å². The molecule has 0 aromatic carbocycles. The molecule has 0 fully saturated rings. The number of unbranched alkanes of at least 4 members (excludes halogenated alkanes) is 49. The van der Waals surface area contributed by atoms with Gasteiger partial charge >= 0.3 is 0 Å². The van der Waals surface area contributed by atoms with E-state index in [1.165, 1.54) is 302 Å². The predicted octanol–water partition coefficient (Wildman–Crippen LogP) is 20.9. The molecular weight excluding hydrogens is 807 g/mol. The van der Waals surface area contributed by atoms with Crippen LogP contribution in [0, 0.1) is 0 Å². The van der Waals surface area contributed by atoms with Gasteiger partial charge in [0.05, 0.1) is 12.6 Å². The van der Waals surface area contributed by atoms with Crippen molar-refractivity contribution in [2.75, 3.05) is 6.61 Å². The Kier molecular flexibility index (Phi) is 57.6. The second-order valence-corrected chi connectivity index (χ2v) is 21.7. The van der Waals surface area contributed by atoms with Crippen molar-refractivity contribution in [3.8, 4) is 0 Å². The molecule has 4 nitrogen and oxygen atoms in total. The van der Waals surface area contributed by atoms with E-state index in [1.54, 1.807) is 0 Å². The minimum atomic E-state index is -0.0584. The summed E-state index contributed by atoms with van der Waals surface area (Å²) in [6.07, 6.45) is 73.9. The summed E-state index contributed by atoms with van der Waals surface area (Å²) in [5, 5.41) is 12.9. The highest BCUT2D eigenvalue weighted by Crippen LogP contribution is 2.19. The van der Waals surface area contributed by atoms with Crippen LogP contribution in [0.3, 0.4) is 0 Å². The lowest BCUT2D eigenvalue weighted by atomic mass is 10.0. The zero-order valence-corrected chi connectivity index (χ0v) is 45.6. The third-order valence-corrected chi connectivity index (χ3v) is 14.9. The smallest absolute Gasteiger partial charge is 0.220 e. The number of Topliss-reactive ketones (excluding diaryl/α,β-unsaturated/α-hetero) is 1. The first kappa shape index (κ1) is 65.1.